The summed E-state index contributed by atoms with van der Waals surface area (Å²) >= 11 is 0. The van der Waals surface area contributed by atoms with Crippen LogP contribution in [0, 0.1) is 5.82 Å². The molecule has 1 aromatic carbocycles. The maximum Gasteiger partial charge on any atom is 0.148 e. The van der Waals surface area contributed by atoms with Crippen molar-refractivity contribution in [3.05, 3.63) is 24.0 Å². The van der Waals surface area contributed by atoms with Crippen molar-refractivity contribution in [2.24, 2.45) is 0 Å². The van der Waals surface area contributed by atoms with Gasteiger partial charge in [-0.05, 0) is 18.2 Å². The lowest BCUT2D eigenvalue weighted by molar-refractivity contribution is -0.119. The molecule has 0 unspecified atom stereocenters. The summed E-state index contributed by atoms with van der Waals surface area (Å²) < 4.78 is 14.3. The van der Waals surface area contributed by atoms with Crippen LogP contribution in [0.4, 0.5) is 15.8 Å². The molecule has 2 aliphatic heterocycles. The molecule has 0 saturated carbocycles. The van der Waals surface area contributed by atoms with Gasteiger partial charge in [-0.25, -0.2) is 4.39 Å². The van der Waals surface area contributed by atoms with Crippen molar-refractivity contribution in [1.29, 1.82) is 0 Å². The number of carbonyl (C=O) groups excluding carboxylic acids is 1. The van der Waals surface area contributed by atoms with Gasteiger partial charge in [0.1, 0.15) is 11.6 Å². The molecule has 0 amide bonds. The molecule has 2 saturated heterocycles. The van der Waals surface area contributed by atoms with Crippen LogP contribution in [0.1, 0.15) is 12.8 Å². The predicted molar refractivity (Wildman–Crippen MR) is 77.9 cm³/mol. The van der Waals surface area contributed by atoms with Gasteiger partial charge in [0.2, 0.25) is 0 Å². The van der Waals surface area contributed by atoms with Crippen molar-refractivity contribution in [3.63, 3.8) is 0 Å². The molecule has 3 rings (SSSR count). The third kappa shape index (κ3) is 2.77. The van der Waals surface area contributed by atoms with Crippen LogP contribution >= 0.6 is 0 Å². The number of anilines is 2. The van der Waals surface area contributed by atoms with Gasteiger partial charge in [0.15, 0.2) is 0 Å². The van der Waals surface area contributed by atoms with Crippen LogP contribution in [0.2, 0.25) is 0 Å². The van der Waals surface area contributed by atoms with E-state index >= 15 is 0 Å². The Morgan fingerprint density at radius 1 is 1.00 bits per heavy atom. The van der Waals surface area contributed by atoms with E-state index in [4.69, 9.17) is 0 Å². The number of piperidine rings is 1. The molecule has 0 aliphatic carbocycles. The Hall–Kier alpha value is -1.62. The highest BCUT2D eigenvalue weighted by molar-refractivity contribution is 5.81. The summed E-state index contributed by atoms with van der Waals surface area (Å²) in [6.07, 6.45) is 1.14. The molecule has 1 N–H and O–H groups in total. The zero-order valence-electron chi connectivity index (χ0n) is 11.6. The minimum atomic E-state index is -0.165. The second kappa shape index (κ2) is 5.79. The molecular weight excluding hydrogens is 257 g/mol. The van der Waals surface area contributed by atoms with Crippen LogP contribution in [0.3, 0.4) is 0 Å². The van der Waals surface area contributed by atoms with Crippen molar-refractivity contribution < 1.29 is 9.18 Å². The average molecular weight is 277 g/mol. The second-order valence-corrected chi connectivity index (χ2v) is 5.40. The van der Waals surface area contributed by atoms with Gasteiger partial charge < -0.3 is 15.1 Å². The standard InChI is InChI=1S/C15H20FN3O/c16-14-11-12(18-7-3-13(20)4-8-18)1-2-15(14)19-9-5-17-6-10-19/h1-2,11,17H,3-10H2. The first-order chi connectivity index (χ1) is 9.74. The zero-order valence-corrected chi connectivity index (χ0v) is 11.6. The Bertz CT molecular complexity index is 490. The molecular formula is C15H20FN3O. The van der Waals surface area contributed by atoms with E-state index < -0.39 is 0 Å². The van der Waals surface area contributed by atoms with Crippen LogP contribution in [0.15, 0.2) is 18.2 Å². The molecule has 20 heavy (non-hydrogen) atoms. The van der Waals surface area contributed by atoms with Crippen molar-refractivity contribution >= 4 is 17.2 Å². The van der Waals surface area contributed by atoms with E-state index in [1.807, 2.05) is 12.1 Å². The monoisotopic (exact) mass is 277 g/mol. The fraction of sp³-hybridized carbons (Fsp3) is 0.533. The average Bonchev–Trinajstić information content (AvgIpc) is 2.49. The summed E-state index contributed by atoms with van der Waals surface area (Å²) in [4.78, 5) is 15.4. The zero-order chi connectivity index (χ0) is 13.9. The third-order valence-electron chi connectivity index (χ3n) is 4.08. The summed E-state index contributed by atoms with van der Waals surface area (Å²) in [5.41, 5.74) is 1.57. The van der Waals surface area contributed by atoms with Gasteiger partial charge in [0.25, 0.3) is 0 Å². The number of hydrogen-bond acceptors (Lipinski definition) is 4. The first kappa shape index (κ1) is 13.4. The van der Waals surface area contributed by atoms with Crippen molar-refractivity contribution in [1.82, 2.24) is 5.32 Å². The summed E-state index contributed by atoms with van der Waals surface area (Å²) in [6, 6.07) is 5.44. The Morgan fingerprint density at radius 3 is 2.35 bits per heavy atom. The number of rotatable bonds is 2. The first-order valence-electron chi connectivity index (χ1n) is 7.26. The van der Waals surface area contributed by atoms with Crippen molar-refractivity contribution in [2.75, 3.05) is 49.1 Å². The van der Waals surface area contributed by atoms with E-state index in [0.29, 0.717) is 37.4 Å². The molecule has 2 fully saturated rings. The van der Waals surface area contributed by atoms with Gasteiger partial charge in [-0.1, -0.05) is 0 Å². The van der Waals surface area contributed by atoms with Crippen LogP contribution < -0.4 is 15.1 Å². The molecule has 2 aliphatic rings. The largest absolute Gasteiger partial charge is 0.371 e. The minimum absolute atomic E-state index is 0.165. The Kier molecular flexibility index (Phi) is 3.87. The number of nitrogens with zero attached hydrogens (tertiary/aromatic N) is 2. The van der Waals surface area contributed by atoms with Gasteiger partial charge in [-0.2, -0.15) is 0 Å². The highest BCUT2D eigenvalue weighted by atomic mass is 19.1. The number of carbonyl (C=O) groups is 1. The van der Waals surface area contributed by atoms with Gasteiger partial charge in [0.05, 0.1) is 5.69 Å². The number of nitrogens with one attached hydrogen (secondary N) is 1. The molecule has 0 radical (unpaired) electrons. The van der Waals surface area contributed by atoms with E-state index in [-0.39, 0.29) is 5.82 Å². The Balaban J connectivity index is 1.75. The SMILES string of the molecule is O=C1CCN(c2ccc(N3CCNCC3)c(F)c2)CC1. The number of piperazine rings is 1. The smallest absolute Gasteiger partial charge is 0.148 e. The molecule has 1 aromatic rings. The van der Waals surface area contributed by atoms with Crippen LogP contribution in [-0.2, 0) is 4.79 Å². The van der Waals surface area contributed by atoms with Gasteiger partial charge in [0, 0.05) is 57.8 Å². The maximum absolute atomic E-state index is 14.3. The predicted octanol–water partition coefficient (Wildman–Crippen LogP) is 1.40. The third-order valence-corrected chi connectivity index (χ3v) is 4.08. The molecule has 0 atom stereocenters. The van der Waals surface area contributed by atoms with Gasteiger partial charge in [-0.15, -0.1) is 0 Å². The number of Topliss-reactive ketones (excluding diaryl/α,β-unsaturated/α-hetero) is 1. The molecule has 0 aromatic heterocycles. The van der Waals surface area contributed by atoms with Gasteiger partial charge >= 0.3 is 0 Å². The lowest BCUT2D eigenvalue weighted by Crippen LogP contribution is -2.43. The Morgan fingerprint density at radius 2 is 1.70 bits per heavy atom. The number of benzene rings is 1. The van der Waals surface area contributed by atoms with Crippen LogP contribution in [0.5, 0.6) is 0 Å². The van der Waals surface area contributed by atoms with E-state index in [1.54, 1.807) is 6.07 Å². The highest BCUT2D eigenvalue weighted by Crippen LogP contribution is 2.26. The van der Waals surface area contributed by atoms with E-state index in [1.165, 1.54) is 0 Å². The van der Waals surface area contributed by atoms with E-state index in [9.17, 15) is 9.18 Å². The molecule has 0 bridgehead atoms. The summed E-state index contributed by atoms with van der Waals surface area (Å²) in [6.45, 7) is 4.88. The molecule has 2 heterocycles. The molecule has 0 spiro atoms. The van der Waals surface area contributed by atoms with E-state index in [2.05, 4.69) is 15.1 Å². The molecule has 108 valence electrons. The number of halogens is 1. The molecule has 5 heteroatoms. The summed E-state index contributed by atoms with van der Waals surface area (Å²) in [5.74, 6) is 0.139. The van der Waals surface area contributed by atoms with Crippen molar-refractivity contribution in [3.8, 4) is 0 Å². The van der Waals surface area contributed by atoms with Crippen molar-refractivity contribution in [2.45, 2.75) is 12.8 Å². The lowest BCUT2D eigenvalue weighted by Gasteiger charge is -2.31. The first-order valence-corrected chi connectivity index (χ1v) is 7.26. The van der Waals surface area contributed by atoms with Gasteiger partial charge in [-0.3, -0.25) is 4.79 Å². The fourth-order valence-corrected chi connectivity index (χ4v) is 2.87. The number of hydrogen-bond donors (Lipinski definition) is 1. The maximum atomic E-state index is 14.3. The normalized spacial score (nSPS) is 20.4. The quantitative estimate of drug-likeness (QED) is 0.886. The molecule has 4 nitrogen and oxygen atoms in total. The summed E-state index contributed by atoms with van der Waals surface area (Å²) in [5, 5.41) is 3.27. The Labute approximate surface area is 118 Å². The van der Waals surface area contributed by atoms with Crippen LogP contribution in [-0.4, -0.2) is 45.1 Å². The number of ketones is 1. The lowest BCUT2D eigenvalue weighted by atomic mass is 10.1. The van der Waals surface area contributed by atoms with E-state index in [0.717, 1.165) is 31.9 Å². The van der Waals surface area contributed by atoms with Crippen LogP contribution in [0.25, 0.3) is 0 Å². The minimum Gasteiger partial charge on any atom is -0.371 e. The second-order valence-electron chi connectivity index (χ2n) is 5.40. The summed E-state index contributed by atoms with van der Waals surface area (Å²) in [7, 11) is 0. The topological polar surface area (TPSA) is 35.6 Å². The fourth-order valence-electron chi connectivity index (χ4n) is 2.87. The highest BCUT2D eigenvalue weighted by Gasteiger charge is 2.19.